The maximum Gasteiger partial charge on any atom is 0.229 e. The highest BCUT2D eigenvalue weighted by molar-refractivity contribution is 9.10. The van der Waals surface area contributed by atoms with Crippen molar-refractivity contribution in [3.63, 3.8) is 0 Å². The van der Waals surface area contributed by atoms with Gasteiger partial charge in [0.1, 0.15) is 5.82 Å². The van der Waals surface area contributed by atoms with Gasteiger partial charge >= 0.3 is 0 Å². The highest BCUT2D eigenvalue weighted by Crippen LogP contribution is 2.33. The van der Waals surface area contributed by atoms with Gasteiger partial charge < -0.3 is 20.4 Å². The van der Waals surface area contributed by atoms with Gasteiger partial charge in [0, 0.05) is 68.8 Å². The van der Waals surface area contributed by atoms with Crippen LogP contribution in [0.1, 0.15) is 44.6 Å². The van der Waals surface area contributed by atoms with Gasteiger partial charge in [-0.3, -0.25) is 9.69 Å². The van der Waals surface area contributed by atoms with Crippen LogP contribution in [-0.4, -0.2) is 77.5 Å². The van der Waals surface area contributed by atoms with Gasteiger partial charge in [-0.2, -0.15) is 4.98 Å². The van der Waals surface area contributed by atoms with Gasteiger partial charge in [-0.05, 0) is 78.8 Å². The van der Waals surface area contributed by atoms with E-state index in [1.165, 1.54) is 24.1 Å². The summed E-state index contributed by atoms with van der Waals surface area (Å²) in [5.41, 5.74) is 3.63. The second kappa shape index (κ2) is 10.7. The Balaban J connectivity index is 1.22. The van der Waals surface area contributed by atoms with Gasteiger partial charge in [0.15, 0.2) is 0 Å². The SMILES string of the molecule is CCc1cc(N2C[C@H]3CC[C@@H](C2)N3C)ccc1Nc1ncc(Br)c(NCCCN2CCCC2=O)n1. The molecule has 4 heterocycles. The number of aryl methyl sites for hydroxylation is 1. The van der Waals surface area contributed by atoms with Crippen molar-refractivity contribution >= 4 is 45.0 Å². The molecule has 3 fully saturated rings. The highest BCUT2D eigenvalue weighted by Gasteiger charge is 2.37. The van der Waals surface area contributed by atoms with E-state index in [4.69, 9.17) is 4.98 Å². The van der Waals surface area contributed by atoms with Crippen LogP contribution in [0.4, 0.5) is 23.1 Å². The molecule has 3 saturated heterocycles. The quantitative estimate of drug-likeness (QED) is 0.459. The van der Waals surface area contributed by atoms with Crippen LogP contribution in [0.25, 0.3) is 0 Å². The van der Waals surface area contributed by atoms with Gasteiger partial charge in [-0.15, -0.1) is 0 Å². The van der Waals surface area contributed by atoms with Crippen molar-refractivity contribution < 1.29 is 4.79 Å². The first-order valence-electron chi connectivity index (χ1n) is 12.9. The first kappa shape index (κ1) is 24.3. The van der Waals surface area contributed by atoms with E-state index >= 15 is 0 Å². The lowest BCUT2D eigenvalue weighted by Gasteiger charge is -2.40. The average molecular weight is 543 g/mol. The number of anilines is 4. The molecule has 3 aliphatic heterocycles. The molecule has 2 bridgehead atoms. The summed E-state index contributed by atoms with van der Waals surface area (Å²) in [5, 5.41) is 6.83. The van der Waals surface area contributed by atoms with Crippen molar-refractivity contribution in [3.05, 3.63) is 34.4 Å². The molecule has 0 unspecified atom stereocenters. The molecular weight excluding hydrogens is 506 g/mol. The number of aromatic nitrogens is 2. The van der Waals surface area contributed by atoms with E-state index in [-0.39, 0.29) is 5.91 Å². The third kappa shape index (κ3) is 5.40. The summed E-state index contributed by atoms with van der Waals surface area (Å²) in [4.78, 5) is 28.0. The Bertz CT molecular complexity index is 1050. The molecule has 2 aromatic rings. The molecule has 5 rings (SSSR count). The fraction of sp³-hybridized carbons (Fsp3) is 0.577. The minimum absolute atomic E-state index is 0.275. The molecule has 0 radical (unpaired) electrons. The molecule has 9 heteroatoms. The summed E-state index contributed by atoms with van der Waals surface area (Å²) in [6.45, 7) is 6.85. The van der Waals surface area contributed by atoms with Gasteiger partial charge in [-0.25, -0.2) is 4.98 Å². The van der Waals surface area contributed by atoms with E-state index in [0.29, 0.717) is 24.5 Å². The number of nitrogens with one attached hydrogen (secondary N) is 2. The molecule has 2 atom stereocenters. The predicted octanol–water partition coefficient (Wildman–Crippen LogP) is 4.25. The number of carbonyl (C=O) groups excluding carboxylic acids is 1. The first-order valence-corrected chi connectivity index (χ1v) is 13.7. The van der Waals surface area contributed by atoms with Crippen molar-refractivity contribution in [2.45, 2.75) is 57.5 Å². The smallest absolute Gasteiger partial charge is 0.229 e. The van der Waals surface area contributed by atoms with Crippen LogP contribution in [0, 0.1) is 0 Å². The second-order valence-corrected chi connectivity index (χ2v) is 10.8. The molecular formula is C26H36BrN7O. The normalized spacial score (nSPS) is 22.2. The predicted molar refractivity (Wildman–Crippen MR) is 145 cm³/mol. The van der Waals surface area contributed by atoms with Crippen molar-refractivity contribution in [1.82, 2.24) is 19.8 Å². The first-order chi connectivity index (χ1) is 17.0. The average Bonchev–Trinajstić information content (AvgIpc) is 3.34. The van der Waals surface area contributed by atoms with E-state index in [1.807, 2.05) is 4.90 Å². The summed E-state index contributed by atoms with van der Waals surface area (Å²) in [5.74, 6) is 1.61. The lowest BCUT2D eigenvalue weighted by Crippen LogP contribution is -2.52. The van der Waals surface area contributed by atoms with Crippen molar-refractivity contribution in [2.24, 2.45) is 0 Å². The zero-order valence-corrected chi connectivity index (χ0v) is 22.4. The van der Waals surface area contributed by atoms with Crippen LogP contribution >= 0.6 is 15.9 Å². The van der Waals surface area contributed by atoms with E-state index < -0.39 is 0 Å². The van der Waals surface area contributed by atoms with E-state index in [2.05, 4.69) is 73.5 Å². The standard InChI is InChI=1S/C26H36BrN7O/c1-3-18-14-19(34-16-20-7-8-21(17-34)32(20)2)9-10-23(18)30-26-29-15-22(27)25(31-26)28-11-5-13-33-12-4-6-24(33)35/h9-10,14-15,20-21H,3-8,11-13,16-17H2,1-2H3,(H2,28,29,30,31)/t20-,21+. The molecule has 3 aliphatic rings. The van der Waals surface area contributed by atoms with E-state index in [0.717, 1.165) is 68.0 Å². The molecule has 0 aliphatic carbocycles. The van der Waals surface area contributed by atoms with Crippen LogP contribution in [0.15, 0.2) is 28.9 Å². The maximum atomic E-state index is 11.8. The monoisotopic (exact) mass is 541 g/mol. The number of likely N-dealkylation sites (tertiary alicyclic amines) is 1. The lowest BCUT2D eigenvalue weighted by atomic mass is 10.1. The molecule has 0 spiro atoms. The van der Waals surface area contributed by atoms with Crippen LogP contribution in [0.3, 0.4) is 0 Å². The Hall–Kier alpha value is -2.39. The highest BCUT2D eigenvalue weighted by atomic mass is 79.9. The zero-order valence-electron chi connectivity index (χ0n) is 20.8. The number of amides is 1. The number of benzene rings is 1. The Kier molecular flexibility index (Phi) is 7.43. The largest absolute Gasteiger partial charge is 0.369 e. The fourth-order valence-corrected chi connectivity index (χ4v) is 5.94. The number of rotatable bonds is 9. The molecule has 2 N–H and O–H groups in total. The molecule has 1 aromatic heterocycles. The number of hydrogen-bond donors (Lipinski definition) is 2. The maximum absolute atomic E-state index is 11.8. The number of halogens is 1. The van der Waals surface area contributed by atoms with E-state index in [9.17, 15) is 4.79 Å². The Morgan fingerprint density at radius 3 is 2.71 bits per heavy atom. The van der Waals surface area contributed by atoms with Gasteiger partial charge in [0.2, 0.25) is 11.9 Å². The van der Waals surface area contributed by atoms with Crippen LogP contribution in [0.2, 0.25) is 0 Å². The number of fused-ring (bicyclic) bond motifs is 2. The molecule has 35 heavy (non-hydrogen) atoms. The Labute approximate surface area is 216 Å². The number of piperazine rings is 1. The molecule has 0 saturated carbocycles. The van der Waals surface area contributed by atoms with Gasteiger partial charge in [0.25, 0.3) is 0 Å². The third-order valence-electron chi connectivity index (χ3n) is 7.74. The van der Waals surface area contributed by atoms with Crippen molar-refractivity contribution in [1.29, 1.82) is 0 Å². The van der Waals surface area contributed by atoms with Crippen molar-refractivity contribution in [3.8, 4) is 0 Å². The molecule has 1 aromatic carbocycles. The van der Waals surface area contributed by atoms with Gasteiger partial charge in [-0.1, -0.05) is 6.92 Å². The summed E-state index contributed by atoms with van der Waals surface area (Å²) < 4.78 is 0.830. The number of likely N-dealkylation sites (N-methyl/N-ethyl adjacent to an activating group) is 1. The summed E-state index contributed by atoms with van der Waals surface area (Å²) >= 11 is 3.56. The van der Waals surface area contributed by atoms with Crippen LogP contribution in [0.5, 0.6) is 0 Å². The molecule has 8 nitrogen and oxygen atoms in total. The summed E-state index contributed by atoms with van der Waals surface area (Å²) in [6, 6.07) is 8.07. The fourth-order valence-electron chi connectivity index (χ4n) is 5.60. The number of nitrogens with zero attached hydrogens (tertiary/aromatic N) is 5. The minimum Gasteiger partial charge on any atom is -0.369 e. The lowest BCUT2D eigenvalue weighted by molar-refractivity contribution is -0.127. The minimum atomic E-state index is 0.275. The van der Waals surface area contributed by atoms with Gasteiger partial charge in [0.05, 0.1) is 4.47 Å². The van der Waals surface area contributed by atoms with Crippen LogP contribution in [-0.2, 0) is 11.2 Å². The summed E-state index contributed by atoms with van der Waals surface area (Å²) in [7, 11) is 2.28. The number of carbonyl (C=O) groups is 1. The topological polar surface area (TPSA) is 76.6 Å². The Morgan fingerprint density at radius 1 is 1.20 bits per heavy atom. The number of hydrogen-bond acceptors (Lipinski definition) is 7. The third-order valence-corrected chi connectivity index (χ3v) is 8.32. The van der Waals surface area contributed by atoms with E-state index in [1.54, 1.807) is 6.20 Å². The Morgan fingerprint density at radius 2 is 2.00 bits per heavy atom. The molecule has 188 valence electrons. The molecule has 1 amide bonds. The summed E-state index contributed by atoms with van der Waals surface area (Å²) in [6.07, 6.45) is 7.90. The zero-order chi connectivity index (χ0) is 24.4. The van der Waals surface area contributed by atoms with Crippen molar-refractivity contribution in [2.75, 3.05) is 55.3 Å². The second-order valence-electron chi connectivity index (χ2n) is 9.93. The van der Waals surface area contributed by atoms with Crippen LogP contribution < -0.4 is 15.5 Å².